The van der Waals surface area contributed by atoms with E-state index >= 15 is 0 Å². The smallest absolute Gasteiger partial charge is 0.403 e. The molecule has 0 aromatic heterocycles. The molecule has 0 bridgehead atoms. The first kappa shape index (κ1) is 26.3. The van der Waals surface area contributed by atoms with Crippen molar-refractivity contribution in [2.75, 3.05) is 53.4 Å². The van der Waals surface area contributed by atoms with E-state index in [1.807, 2.05) is 4.90 Å². The highest BCUT2D eigenvalue weighted by molar-refractivity contribution is 14.0. The molecule has 2 N–H and O–H groups in total. The van der Waals surface area contributed by atoms with Gasteiger partial charge in [0.2, 0.25) is 0 Å². The lowest BCUT2D eigenvalue weighted by molar-refractivity contribution is -0.181. The van der Waals surface area contributed by atoms with E-state index in [0.717, 1.165) is 0 Å². The van der Waals surface area contributed by atoms with Crippen LogP contribution in [0.2, 0.25) is 0 Å². The van der Waals surface area contributed by atoms with Crippen LogP contribution >= 0.6 is 24.0 Å². The van der Waals surface area contributed by atoms with Gasteiger partial charge in [-0.2, -0.15) is 13.2 Å². The van der Waals surface area contributed by atoms with E-state index in [2.05, 4.69) is 15.6 Å². The number of hydrogen-bond acceptors (Lipinski definition) is 4. The van der Waals surface area contributed by atoms with E-state index in [1.165, 1.54) is 11.8 Å². The zero-order valence-electron chi connectivity index (χ0n) is 17.3. The highest BCUT2D eigenvalue weighted by Crippen LogP contribution is 2.25. The van der Waals surface area contributed by atoms with E-state index in [-0.39, 0.29) is 29.9 Å². The lowest BCUT2D eigenvalue weighted by Crippen LogP contribution is -2.57. The summed E-state index contributed by atoms with van der Waals surface area (Å²) in [5.41, 5.74) is 0.532. The first-order valence-electron chi connectivity index (χ1n) is 9.45. The number of ether oxygens (including phenoxy) is 1. The fourth-order valence-corrected chi connectivity index (χ4v) is 3.06. The molecule has 170 valence electrons. The molecule has 1 saturated heterocycles. The van der Waals surface area contributed by atoms with Crippen LogP contribution in [-0.2, 0) is 0 Å². The zero-order chi connectivity index (χ0) is 21.4. The van der Waals surface area contributed by atoms with Crippen LogP contribution in [0.15, 0.2) is 29.3 Å². The van der Waals surface area contributed by atoms with Gasteiger partial charge in [0, 0.05) is 51.9 Å². The van der Waals surface area contributed by atoms with Crippen LogP contribution in [0.1, 0.15) is 17.3 Å². The molecule has 1 unspecified atom stereocenters. The van der Waals surface area contributed by atoms with Crippen LogP contribution < -0.4 is 15.4 Å². The molecule has 11 heteroatoms. The molecule has 1 atom stereocenters. The normalized spacial score (nSPS) is 16.5. The summed E-state index contributed by atoms with van der Waals surface area (Å²) in [6, 6.07) is 5.35. The number of nitrogens with zero attached hydrogens (tertiary/aromatic N) is 3. The number of piperazine rings is 1. The number of aliphatic imine (C=N–C) groups is 1. The molecule has 1 aromatic rings. The Morgan fingerprint density at radius 3 is 2.20 bits per heavy atom. The standard InChI is InChI=1S/C19H28F3N5O2.HI/c1-14(19(20,21)22)26-10-12-27(13-11-26)18(23-2)25-9-8-24-17(28)15-4-6-16(29-3)7-5-15;/h4-7,14H,8-13H2,1-3H3,(H,23,25)(H,24,28);1H. The maximum atomic E-state index is 12.9. The van der Waals surface area contributed by atoms with Gasteiger partial charge in [0.1, 0.15) is 11.8 Å². The van der Waals surface area contributed by atoms with Crippen molar-refractivity contribution in [2.45, 2.75) is 19.1 Å². The van der Waals surface area contributed by atoms with Crippen molar-refractivity contribution in [3.8, 4) is 5.75 Å². The van der Waals surface area contributed by atoms with Gasteiger partial charge in [-0.15, -0.1) is 24.0 Å². The number of methoxy groups -OCH3 is 1. The Balaban J connectivity index is 0.00000450. The Morgan fingerprint density at radius 1 is 1.13 bits per heavy atom. The number of carbonyl (C=O) groups is 1. The molecular formula is C19H29F3IN5O2. The second-order valence-electron chi connectivity index (χ2n) is 6.70. The van der Waals surface area contributed by atoms with E-state index < -0.39 is 12.2 Å². The molecule has 0 saturated carbocycles. The number of alkyl halides is 3. The third-order valence-electron chi connectivity index (χ3n) is 4.89. The highest BCUT2D eigenvalue weighted by Gasteiger charge is 2.41. The van der Waals surface area contributed by atoms with Crippen LogP contribution in [0.3, 0.4) is 0 Å². The van der Waals surface area contributed by atoms with Crippen molar-refractivity contribution in [3.63, 3.8) is 0 Å². The Labute approximate surface area is 192 Å². The van der Waals surface area contributed by atoms with Crippen molar-refractivity contribution >= 4 is 35.8 Å². The topological polar surface area (TPSA) is 69.2 Å². The largest absolute Gasteiger partial charge is 0.497 e. The molecule has 0 aliphatic carbocycles. The minimum Gasteiger partial charge on any atom is -0.497 e. The summed E-state index contributed by atoms with van der Waals surface area (Å²) in [7, 11) is 3.19. The molecule has 1 fully saturated rings. The van der Waals surface area contributed by atoms with Crippen molar-refractivity contribution < 1.29 is 22.7 Å². The van der Waals surface area contributed by atoms with Crippen molar-refractivity contribution in [1.82, 2.24) is 20.4 Å². The van der Waals surface area contributed by atoms with Crippen LogP contribution in [0.5, 0.6) is 5.75 Å². The maximum absolute atomic E-state index is 12.9. The van der Waals surface area contributed by atoms with Crippen molar-refractivity contribution in [2.24, 2.45) is 4.99 Å². The molecule has 1 aliphatic rings. The van der Waals surface area contributed by atoms with Gasteiger partial charge in [0.15, 0.2) is 5.96 Å². The molecular weight excluding hydrogens is 514 g/mol. The fourth-order valence-electron chi connectivity index (χ4n) is 3.06. The average molecular weight is 543 g/mol. The number of guanidine groups is 1. The van der Waals surface area contributed by atoms with Crippen molar-refractivity contribution in [3.05, 3.63) is 29.8 Å². The van der Waals surface area contributed by atoms with E-state index in [0.29, 0.717) is 56.5 Å². The number of carbonyl (C=O) groups excluding carboxylic acids is 1. The summed E-state index contributed by atoms with van der Waals surface area (Å²) in [5.74, 6) is 1.10. The SMILES string of the molecule is CN=C(NCCNC(=O)c1ccc(OC)cc1)N1CCN(C(C)C(F)(F)F)CC1.I. The van der Waals surface area contributed by atoms with Gasteiger partial charge >= 0.3 is 6.18 Å². The predicted molar refractivity (Wildman–Crippen MR) is 121 cm³/mol. The van der Waals surface area contributed by atoms with Gasteiger partial charge in [0.25, 0.3) is 5.91 Å². The fraction of sp³-hybridized carbons (Fsp3) is 0.579. The Bertz CT molecular complexity index is 692. The number of nitrogens with one attached hydrogen (secondary N) is 2. The number of rotatable bonds is 6. The molecule has 0 spiro atoms. The van der Waals surface area contributed by atoms with Crippen LogP contribution in [0.4, 0.5) is 13.2 Å². The Hall–Kier alpha value is -1.76. The molecule has 1 aromatic carbocycles. The minimum absolute atomic E-state index is 0. The molecule has 1 heterocycles. The summed E-state index contributed by atoms with van der Waals surface area (Å²) in [4.78, 5) is 19.7. The number of hydrogen-bond donors (Lipinski definition) is 2. The van der Waals surface area contributed by atoms with Crippen LogP contribution in [0, 0.1) is 0 Å². The van der Waals surface area contributed by atoms with E-state index in [4.69, 9.17) is 4.74 Å². The van der Waals surface area contributed by atoms with Gasteiger partial charge in [-0.05, 0) is 31.2 Å². The highest BCUT2D eigenvalue weighted by atomic mass is 127. The molecule has 30 heavy (non-hydrogen) atoms. The van der Waals surface area contributed by atoms with Gasteiger partial charge in [-0.1, -0.05) is 0 Å². The van der Waals surface area contributed by atoms with E-state index in [1.54, 1.807) is 38.4 Å². The average Bonchev–Trinajstić information content (AvgIpc) is 2.72. The van der Waals surface area contributed by atoms with Crippen LogP contribution in [-0.4, -0.2) is 87.3 Å². The van der Waals surface area contributed by atoms with E-state index in [9.17, 15) is 18.0 Å². The monoisotopic (exact) mass is 543 g/mol. The number of halogens is 4. The summed E-state index contributed by atoms with van der Waals surface area (Å²) in [6.45, 7) is 3.57. The summed E-state index contributed by atoms with van der Waals surface area (Å²) in [6.07, 6.45) is -4.22. The Kier molecular flexibility index (Phi) is 10.7. The van der Waals surface area contributed by atoms with Gasteiger partial charge in [-0.3, -0.25) is 14.7 Å². The first-order valence-corrected chi connectivity index (χ1v) is 9.45. The first-order chi connectivity index (χ1) is 13.8. The quantitative estimate of drug-likeness (QED) is 0.249. The lowest BCUT2D eigenvalue weighted by Gasteiger charge is -2.39. The number of amides is 1. The summed E-state index contributed by atoms with van der Waals surface area (Å²) in [5, 5.41) is 5.95. The minimum atomic E-state index is -4.22. The van der Waals surface area contributed by atoms with Gasteiger partial charge < -0.3 is 20.3 Å². The summed E-state index contributed by atoms with van der Waals surface area (Å²) >= 11 is 0. The third-order valence-corrected chi connectivity index (χ3v) is 4.89. The second-order valence-corrected chi connectivity index (χ2v) is 6.70. The second kappa shape index (κ2) is 12.2. The molecule has 7 nitrogen and oxygen atoms in total. The van der Waals surface area contributed by atoms with Crippen LogP contribution in [0.25, 0.3) is 0 Å². The summed E-state index contributed by atoms with van der Waals surface area (Å²) < 4.78 is 43.6. The molecule has 1 aliphatic heterocycles. The van der Waals surface area contributed by atoms with Gasteiger partial charge in [-0.25, -0.2) is 0 Å². The predicted octanol–water partition coefficient (Wildman–Crippen LogP) is 2.19. The third kappa shape index (κ3) is 7.49. The van der Waals surface area contributed by atoms with Crippen molar-refractivity contribution in [1.29, 1.82) is 0 Å². The molecule has 0 radical (unpaired) electrons. The number of benzene rings is 1. The molecule has 2 rings (SSSR count). The Morgan fingerprint density at radius 2 is 1.70 bits per heavy atom. The maximum Gasteiger partial charge on any atom is 0.403 e. The molecule has 1 amide bonds. The van der Waals surface area contributed by atoms with Gasteiger partial charge in [0.05, 0.1) is 7.11 Å². The lowest BCUT2D eigenvalue weighted by atomic mass is 10.2. The zero-order valence-corrected chi connectivity index (χ0v) is 19.7.